The summed E-state index contributed by atoms with van der Waals surface area (Å²) < 4.78 is 52.3. The Bertz CT molecular complexity index is 1170. The second-order valence-corrected chi connectivity index (χ2v) is 9.97. The summed E-state index contributed by atoms with van der Waals surface area (Å²) in [6.45, 7) is 4.20. The molecule has 1 saturated heterocycles. The minimum absolute atomic E-state index is 0.0840. The fraction of sp³-hybridized carbons (Fsp3) is 0.364. The van der Waals surface area contributed by atoms with Gasteiger partial charge in [-0.1, -0.05) is 30.3 Å². The van der Waals surface area contributed by atoms with Crippen molar-refractivity contribution in [3.63, 3.8) is 0 Å². The van der Waals surface area contributed by atoms with Crippen molar-refractivity contribution >= 4 is 10.0 Å². The topological polar surface area (TPSA) is 85.5 Å². The van der Waals surface area contributed by atoms with Crippen LogP contribution in [0.5, 0.6) is 5.75 Å². The molecule has 0 aliphatic carbocycles. The van der Waals surface area contributed by atoms with Crippen LogP contribution in [0.25, 0.3) is 0 Å². The highest BCUT2D eigenvalue weighted by Crippen LogP contribution is 2.34. The highest BCUT2D eigenvalue weighted by molar-refractivity contribution is 7.89. The molecule has 0 spiro atoms. The monoisotopic (exact) mass is 445 g/mol. The van der Waals surface area contributed by atoms with Crippen molar-refractivity contribution in [2.45, 2.75) is 43.6 Å². The number of hydrogen-bond acceptors (Lipinski definition) is 6. The van der Waals surface area contributed by atoms with Gasteiger partial charge in [-0.05, 0) is 55.7 Å². The molecular weight excluding hydrogens is 421 g/mol. The molecule has 2 heterocycles. The summed E-state index contributed by atoms with van der Waals surface area (Å²) in [6.07, 6.45) is 1.38. The Labute approximate surface area is 180 Å². The lowest BCUT2D eigenvalue weighted by atomic mass is 9.82. The number of rotatable bonds is 6. The van der Waals surface area contributed by atoms with Crippen molar-refractivity contribution in [2.75, 3.05) is 13.1 Å². The van der Waals surface area contributed by atoms with Gasteiger partial charge in [-0.2, -0.15) is 9.29 Å². The summed E-state index contributed by atoms with van der Waals surface area (Å²) in [4.78, 5) is 4.55. The number of nitrogens with zero attached hydrogens (tertiary/aromatic N) is 3. The van der Waals surface area contributed by atoms with Gasteiger partial charge < -0.3 is 9.26 Å². The summed E-state index contributed by atoms with van der Waals surface area (Å²) in [5, 5.41) is 4.10. The lowest BCUT2D eigenvalue weighted by molar-refractivity contribution is 0.221. The van der Waals surface area contributed by atoms with Crippen molar-refractivity contribution in [2.24, 2.45) is 0 Å². The van der Waals surface area contributed by atoms with Crippen LogP contribution < -0.4 is 4.74 Å². The average Bonchev–Trinajstić information content (AvgIpc) is 3.25. The van der Waals surface area contributed by atoms with Crippen LogP contribution in [0.1, 0.15) is 37.0 Å². The molecule has 4 rings (SSSR count). The van der Waals surface area contributed by atoms with Crippen LogP contribution >= 0.6 is 0 Å². The third-order valence-corrected chi connectivity index (χ3v) is 7.38. The summed E-state index contributed by atoms with van der Waals surface area (Å²) in [7, 11) is -3.76. The van der Waals surface area contributed by atoms with E-state index in [-0.39, 0.29) is 18.0 Å². The van der Waals surface area contributed by atoms with Gasteiger partial charge in [0.1, 0.15) is 11.6 Å². The van der Waals surface area contributed by atoms with Crippen LogP contribution in [0.15, 0.2) is 57.9 Å². The summed E-state index contributed by atoms with van der Waals surface area (Å²) in [5.74, 6) is 1.04. The molecule has 1 fully saturated rings. The second-order valence-electron chi connectivity index (χ2n) is 8.03. The average molecular weight is 446 g/mol. The lowest BCUT2D eigenvalue weighted by Crippen LogP contribution is -2.47. The van der Waals surface area contributed by atoms with E-state index < -0.39 is 21.3 Å². The van der Waals surface area contributed by atoms with E-state index in [1.165, 1.54) is 22.5 Å². The smallest absolute Gasteiger partial charge is 0.264 e. The van der Waals surface area contributed by atoms with Crippen molar-refractivity contribution in [1.82, 2.24) is 14.4 Å². The second kappa shape index (κ2) is 8.39. The number of sulfonamides is 1. The fourth-order valence-corrected chi connectivity index (χ4v) is 5.42. The molecule has 2 aromatic carbocycles. The van der Waals surface area contributed by atoms with E-state index in [1.54, 1.807) is 6.92 Å². The summed E-state index contributed by atoms with van der Waals surface area (Å²) in [5.41, 5.74) is -0.309. The minimum atomic E-state index is -3.76. The van der Waals surface area contributed by atoms with Gasteiger partial charge in [0.25, 0.3) is 5.89 Å². The van der Waals surface area contributed by atoms with Crippen molar-refractivity contribution < 1.29 is 22.1 Å². The van der Waals surface area contributed by atoms with Crippen molar-refractivity contribution in [3.8, 4) is 5.75 Å². The first-order valence-corrected chi connectivity index (χ1v) is 11.5. The zero-order chi connectivity index (χ0) is 22.1. The predicted molar refractivity (Wildman–Crippen MR) is 112 cm³/mol. The normalized spacial score (nSPS) is 20.0. The van der Waals surface area contributed by atoms with Crippen LogP contribution in [-0.4, -0.2) is 36.0 Å². The molecule has 1 unspecified atom stereocenters. The Kier molecular flexibility index (Phi) is 5.81. The third-order valence-electron chi connectivity index (χ3n) is 5.54. The number of hydrogen-bond donors (Lipinski definition) is 0. The van der Waals surface area contributed by atoms with Crippen molar-refractivity contribution in [1.29, 1.82) is 0 Å². The SMILES string of the molecule is Cc1cc(S(=O)(=O)N2CCCC(C)(c3noc(COc4ccccc4)n3)C2)ccc1F. The Hall–Kier alpha value is -2.78. The lowest BCUT2D eigenvalue weighted by Gasteiger charge is -2.37. The molecule has 0 bridgehead atoms. The van der Waals surface area contributed by atoms with E-state index in [4.69, 9.17) is 9.26 Å². The number of piperidine rings is 1. The van der Waals surface area contributed by atoms with E-state index in [2.05, 4.69) is 10.1 Å². The molecule has 3 aromatic rings. The molecule has 1 aliphatic heterocycles. The highest BCUT2D eigenvalue weighted by atomic mass is 32.2. The number of aromatic nitrogens is 2. The van der Waals surface area contributed by atoms with E-state index in [1.807, 2.05) is 37.3 Å². The van der Waals surface area contributed by atoms with Crippen LogP contribution in [-0.2, 0) is 22.0 Å². The standard InChI is InChI=1S/C22H24FN3O4S/c1-16-13-18(9-10-19(16)23)31(27,28)26-12-6-11-22(2,15-26)21-24-20(30-25-21)14-29-17-7-4-3-5-8-17/h3-5,7-10,13H,6,11-12,14-15H2,1-2H3. The molecule has 164 valence electrons. The van der Waals surface area contributed by atoms with Gasteiger partial charge in [0, 0.05) is 18.5 Å². The van der Waals surface area contributed by atoms with Gasteiger partial charge in [-0.25, -0.2) is 12.8 Å². The summed E-state index contributed by atoms with van der Waals surface area (Å²) >= 11 is 0. The van der Waals surface area contributed by atoms with E-state index >= 15 is 0 Å². The fourth-order valence-electron chi connectivity index (χ4n) is 3.73. The zero-order valence-electron chi connectivity index (χ0n) is 17.4. The molecule has 0 N–H and O–H groups in total. The first kappa shape index (κ1) is 21.5. The maximum absolute atomic E-state index is 13.6. The summed E-state index contributed by atoms with van der Waals surface area (Å²) in [6, 6.07) is 13.2. The third kappa shape index (κ3) is 4.47. The van der Waals surface area contributed by atoms with Crippen molar-refractivity contribution in [3.05, 3.63) is 71.6 Å². The van der Waals surface area contributed by atoms with E-state index in [0.29, 0.717) is 36.0 Å². The first-order valence-electron chi connectivity index (χ1n) is 10.1. The predicted octanol–water partition coefficient (Wildman–Crippen LogP) is 3.84. The molecule has 0 radical (unpaired) electrons. The minimum Gasteiger partial charge on any atom is -0.484 e. The van der Waals surface area contributed by atoms with Crippen LogP contribution in [0.3, 0.4) is 0 Å². The van der Waals surface area contributed by atoms with Gasteiger partial charge in [0.05, 0.1) is 4.90 Å². The number of para-hydroxylation sites is 1. The zero-order valence-corrected chi connectivity index (χ0v) is 18.2. The number of benzene rings is 2. The first-order chi connectivity index (χ1) is 14.8. The number of aryl methyl sites for hydroxylation is 1. The largest absolute Gasteiger partial charge is 0.484 e. The highest BCUT2D eigenvalue weighted by Gasteiger charge is 2.41. The van der Waals surface area contributed by atoms with Gasteiger partial charge in [0.15, 0.2) is 12.4 Å². The van der Waals surface area contributed by atoms with Gasteiger partial charge in [0.2, 0.25) is 10.0 Å². The number of halogens is 1. The van der Waals surface area contributed by atoms with Crippen LogP contribution in [0, 0.1) is 12.7 Å². The Morgan fingerprint density at radius 2 is 2.00 bits per heavy atom. The Morgan fingerprint density at radius 3 is 2.74 bits per heavy atom. The number of ether oxygens (including phenoxy) is 1. The molecule has 1 atom stereocenters. The molecule has 1 aliphatic rings. The maximum Gasteiger partial charge on any atom is 0.264 e. The van der Waals surface area contributed by atoms with Crippen LogP contribution in [0.4, 0.5) is 4.39 Å². The molecule has 7 nitrogen and oxygen atoms in total. The van der Waals surface area contributed by atoms with Crippen LogP contribution in [0.2, 0.25) is 0 Å². The molecular formula is C22H24FN3O4S. The molecule has 31 heavy (non-hydrogen) atoms. The Morgan fingerprint density at radius 1 is 1.23 bits per heavy atom. The van der Waals surface area contributed by atoms with E-state index in [0.717, 1.165) is 6.42 Å². The quantitative estimate of drug-likeness (QED) is 0.573. The van der Waals surface area contributed by atoms with Gasteiger partial charge >= 0.3 is 0 Å². The molecule has 9 heteroatoms. The molecule has 0 amide bonds. The Balaban J connectivity index is 1.50. The van der Waals surface area contributed by atoms with Gasteiger partial charge in [-0.15, -0.1) is 0 Å². The molecule has 0 saturated carbocycles. The maximum atomic E-state index is 13.6. The molecule has 1 aromatic heterocycles. The van der Waals surface area contributed by atoms with Gasteiger partial charge in [-0.3, -0.25) is 0 Å². The van der Waals surface area contributed by atoms with E-state index in [9.17, 15) is 12.8 Å².